The van der Waals surface area contributed by atoms with Crippen LogP contribution < -0.4 is 0 Å². The highest BCUT2D eigenvalue weighted by Gasteiger charge is 2.44. The van der Waals surface area contributed by atoms with Crippen LogP contribution in [0.3, 0.4) is 0 Å². The standard InChI is InChI=1S/C40H76O9/c1-3-5-7-9-11-13-15-16-17-18-20-22-24-26-28-30-46-32-34(33-47-40-39(45)38(44)37(43)35(31-41)49-40)48-36(42)29-27-25-23-21-19-14-12-10-8-6-4-2/h15-16,34-35,37-41,43-45H,3-14,17-33H2,1-2H3/b16-15-. The first-order chi connectivity index (χ1) is 23.9. The number of carbonyl (C=O) groups is 1. The highest BCUT2D eigenvalue weighted by atomic mass is 16.7. The maximum absolute atomic E-state index is 12.7. The average Bonchev–Trinajstić information content (AvgIpc) is 3.10. The molecule has 0 aliphatic carbocycles. The van der Waals surface area contributed by atoms with Crippen molar-refractivity contribution in [3.05, 3.63) is 12.2 Å². The van der Waals surface area contributed by atoms with Gasteiger partial charge in [-0.25, -0.2) is 0 Å². The summed E-state index contributed by atoms with van der Waals surface area (Å²) in [6.45, 7) is 4.53. The van der Waals surface area contributed by atoms with Crippen LogP contribution >= 0.6 is 0 Å². The molecule has 9 heteroatoms. The number of aliphatic hydroxyl groups is 4. The molecule has 6 unspecified atom stereocenters. The zero-order chi connectivity index (χ0) is 35.8. The van der Waals surface area contributed by atoms with E-state index in [2.05, 4.69) is 26.0 Å². The van der Waals surface area contributed by atoms with Gasteiger partial charge in [0, 0.05) is 13.0 Å². The van der Waals surface area contributed by atoms with Gasteiger partial charge in [0.2, 0.25) is 0 Å². The van der Waals surface area contributed by atoms with Gasteiger partial charge in [-0.15, -0.1) is 0 Å². The van der Waals surface area contributed by atoms with Gasteiger partial charge in [0.25, 0.3) is 0 Å². The van der Waals surface area contributed by atoms with E-state index in [0.29, 0.717) is 13.0 Å². The number of unbranched alkanes of at least 4 members (excludes halogenated alkanes) is 21. The summed E-state index contributed by atoms with van der Waals surface area (Å²) in [5.41, 5.74) is 0. The fourth-order valence-electron chi connectivity index (χ4n) is 6.19. The molecule has 0 aromatic rings. The first kappa shape index (κ1) is 46.0. The summed E-state index contributed by atoms with van der Waals surface area (Å²) >= 11 is 0. The number of ether oxygens (including phenoxy) is 4. The zero-order valence-corrected chi connectivity index (χ0v) is 31.5. The van der Waals surface area contributed by atoms with Crippen LogP contribution in [0.1, 0.15) is 174 Å². The van der Waals surface area contributed by atoms with Crippen molar-refractivity contribution < 1.29 is 44.2 Å². The van der Waals surface area contributed by atoms with Gasteiger partial charge in [0.05, 0.1) is 19.8 Å². The van der Waals surface area contributed by atoms with Crippen LogP contribution in [0.4, 0.5) is 0 Å². The lowest BCUT2D eigenvalue weighted by atomic mass is 9.99. The van der Waals surface area contributed by atoms with Crippen molar-refractivity contribution >= 4 is 5.97 Å². The van der Waals surface area contributed by atoms with Gasteiger partial charge >= 0.3 is 5.97 Å². The van der Waals surface area contributed by atoms with Gasteiger partial charge in [-0.2, -0.15) is 0 Å². The van der Waals surface area contributed by atoms with E-state index in [-0.39, 0.29) is 19.2 Å². The number of carbonyl (C=O) groups excluding carboxylic acids is 1. The number of rotatable bonds is 34. The number of aliphatic hydroxyl groups excluding tert-OH is 4. The van der Waals surface area contributed by atoms with Gasteiger partial charge < -0.3 is 39.4 Å². The molecule has 0 bridgehead atoms. The molecule has 1 aliphatic heterocycles. The van der Waals surface area contributed by atoms with Gasteiger partial charge in [0.15, 0.2) is 6.29 Å². The fourth-order valence-corrected chi connectivity index (χ4v) is 6.19. The molecule has 49 heavy (non-hydrogen) atoms. The van der Waals surface area contributed by atoms with Crippen molar-refractivity contribution in [3.63, 3.8) is 0 Å². The van der Waals surface area contributed by atoms with Crippen LogP contribution in [0.5, 0.6) is 0 Å². The Morgan fingerprint density at radius 3 is 1.65 bits per heavy atom. The number of hydrogen-bond donors (Lipinski definition) is 4. The largest absolute Gasteiger partial charge is 0.457 e. The minimum Gasteiger partial charge on any atom is -0.457 e. The Hall–Kier alpha value is -1.07. The van der Waals surface area contributed by atoms with Gasteiger partial charge in [-0.1, -0.05) is 142 Å². The Morgan fingerprint density at radius 1 is 0.633 bits per heavy atom. The molecule has 1 fully saturated rings. The molecule has 1 heterocycles. The van der Waals surface area contributed by atoms with E-state index in [1.165, 1.54) is 122 Å². The summed E-state index contributed by atoms with van der Waals surface area (Å²) in [7, 11) is 0. The normalized spacial score (nSPS) is 21.8. The Bertz CT molecular complexity index is 762. The second-order valence-corrected chi connectivity index (χ2v) is 14.1. The molecule has 6 atom stereocenters. The fraction of sp³-hybridized carbons (Fsp3) is 0.925. The molecule has 1 aliphatic rings. The first-order valence-electron chi connectivity index (χ1n) is 20.3. The topological polar surface area (TPSA) is 135 Å². The third-order valence-corrected chi connectivity index (χ3v) is 9.43. The van der Waals surface area contributed by atoms with Gasteiger partial charge in [-0.05, 0) is 38.5 Å². The highest BCUT2D eigenvalue weighted by Crippen LogP contribution is 2.22. The molecule has 290 valence electrons. The molecule has 0 radical (unpaired) electrons. The van der Waals surface area contributed by atoms with Crippen LogP contribution in [-0.4, -0.2) is 89.6 Å². The Kier molecular flexibility index (Phi) is 30.8. The van der Waals surface area contributed by atoms with Crippen molar-refractivity contribution in [3.8, 4) is 0 Å². The van der Waals surface area contributed by atoms with E-state index in [1.54, 1.807) is 0 Å². The zero-order valence-electron chi connectivity index (χ0n) is 31.5. The average molecular weight is 701 g/mol. The SMILES string of the molecule is CCCCCCC/C=C\CCCCCCCCOCC(COC1OC(CO)C(O)C(O)C1O)OC(=O)CCCCCCCCCCCCC. The van der Waals surface area contributed by atoms with E-state index in [0.717, 1.165) is 32.1 Å². The quantitative estimate of drug-likeness (QED) is 0.0299. The molecule has 4 N–H and O–H groups in total. The predicted octanol–water partition coefficient (Wildman–Crippen LogP) is 8.08. The van der Waals surface area contributed by atoms with E-state index < -0.39 is 43.4 Å². The maximum Gasteiger partial charge on any atom is 0.306 e. The molecule has 0 spiro atoms. The van der Waals surface area contributed by atoms with Crippen LogP contribution in [0.15, 0.2) is 12.2 Å². The summed E-state index contributed by atoms with van der Waals surface area (Å²) in [5.74, 6) is -0.316. The smallest absolute Gasteiger partial charge is 0.306 e. The molecular weight excluding hydrogens is 624 g/mol. The van der Waals surface area contributed by atoms with Crippen LogP contribution in [-0.2, 0) is 23.7 Å². The van der Waals surface area contributed by atoms with E-state index >= 15 is 0 Å². The van der Waals surface area contributed by atoms with Gasteiger partial charge in [0.1, 0.15) is 30.5 Å². The lowest BCUT2D eigenvalue weighted by Crippen LogP contribution is -2.59. The van der Waals surface area contributed by atoms with Crippen molar-refractivity contribution in [2.45, 2.75) is 211 Å². The molecule has 0 amide bonds. The summed E-state index contributed by atoms with van der Waals surface area (Å²) in [5, 5.41) is 39.9. The van der Waals surface area contributed by atoms with Gasteiger partial charge in [-0.3, -0.25) is 4.79 Å². The van der Waals surface area contributed by atoms with E-state index in [9.17, 15) is 25.2 Å². The summed E-state index contributed by atoms with van der Waals surface area (Å²) in [4.78, 5) is 12.7. The van der Waals surface area contributed by atoms with Crippen LogP contribution in [0, 0.1) is 0 Å². The minimum absolute atomic E-state index is 0.111. The molecule has 9 nitrogen and oxygen atoms in total. The van der Waals surface area contributed by atoms with Crippen molar-refractivity contribution in [2.75, 3.05) is 26.4 Å². The summed E-state index contributed by atoms with van der Waals surface area (Å²) < 4.78 is 22.7. The second-order valence-electron chi connectivity index (χ2n) is 14.1. The number of allylic oxidation sites excluding steroid dienone is 2. The lowest BCUT2D eigenvalue weighted by Gasteiger charge is -2.39. The van der Waals surface area contributed by atoms with Crippen molar-refractivity contribution in [1.82, 2.24) is 0 Å². The van der Waals surface area contributed by atoms with Crippen LogP contribution in [0.2, 0.25) is 0 Å². The minimum atomic E-state index is -1.53. The number of hydrogen-bond acceptors (Lipinski definition) is 9. The molecule has 0 saturated carbocycles. The molecule has 1 rings (SSSR count). The Labute approximate surface area is 299 Å². The molecule has 0 aromatic carbocycles. The van der Waals surface area contributed by atoms with E-state index in [1.807, 2.05) is 0 Å². The summed E-state index contributed by atoms with van der Waals surface area (Å²) in [6.07, 6.45) is 26.6. The Morgan fingerprint density at radius 2 is 1.12 bits per heavy atom. The molecular formula is C40H76O9. The molecule has 1 saturated heterocycles. The van der Waals surface area contributed by atoms with Crippen molar-refractivity contribution in [1.29, 1.82) is 0 Å². The highest BCUT2D eigenvalue weighted by molar-refractivity contribution is 5.69. The molecule has 0 aromatic heterocycles. The lowest BCUT2D eigenvalue weighted by molar-refractivity contribution is -0.305. The second kappa shape index (κ2) is 32.8. The Balaban J connectivity index is 2.30. The maximum atomic E-state index is 12.7. The predicted molar refractivity (Wildman–Crippen MR) is 196 cm³/mol. The number of esters is 1. The summed E-state index contributed by atoms with van der Waals surface area (Å²) in [6, 6.07) is 0. The van der Waals surface area contributed by atoms with E-state index in [4.69, 9.17) is 18.9 Å². The third-order valence-electron chi connectivity index (χ3n) is 9.43. The monoisotopic (exact) mass is 701 g/mol. The van der Waals surface area contributed by atoms with Crippen LogP contribution in [0.25, 0.3) is 0 Å². The van der Waals surface area contributed by atoms with Crippen molar-refractivity contribution in [2.24, 2.45) is 0 Å². The first-order valence-corrected chi connectivity index (χ1v) is 20.3. The third kappa shape index (κ3) is 24.7.